The molecule has 1 amide bonds. The summed E-state index contributed by atoms with van der Waals surface area (Å²) >= 11 is 0. The minimum absolute atomic E-state index is 0.0829. The van der Waals surface area contributed by atoms with Crippen molar-refractivity contribution in [1.29, 1.82) is 0 Å². The topological polar surface area (TPSA) is 32.3 Å². The van der Waals surface area contributed by atoms with Crippen LogP contribution in [0, 0.1) is 0 Å². The van der Waals surface area contributed by atoms with E-state index >= 15 is 0 Å². The standard InChI is InChI=1S/C11H22N2O/c1-12-11(7-5-4-6-8-11)9-10(14)13(2)3/h12H,4-9H2,1-3H3. The van der Waals surface area contributed by atoms with Crippen molar-refractivity contribution in [3.63, 3.8) is 0 Å². The first-order valence-electron chi connectivity index (χ1n) is 5.49. The zero-order valence-electron chi connectivity index (χ0n) is 9.60. The SMILES string of the molecule is CNC1(CC(=O)N(C)C)CCCCC1. The van der Waals surface area contributed by atoms with Crippen LogP contribution >= 0.6 is 0 Å². The molecule has 82 valence electrons. The molecule has 0 aromatic rings. The maximum Gasteiger partial charge on any atom is 0.223 e. The first-order valence-corrected chi connectivity index (χ1v) is 5.49. The van der Waals surface area contributed by atoms with Crippen molar-refractivity contribution < 1.29 is 4.79 Å². The van der Waals surface area contributed by atoms with Gasteiger partial charge in [-0.15, -0.1) is 0 Å². The summed E-state index contributed by atoms with van der Waals surface area (Å²) in [7, 11) is 5.64. The maximum atomic E-state index is 11.7. The van der Waals surface area contributed by atoms with Crippen molar-refractivity contribution in [3.05, 3.63) is 0 Å². The third-order valence-corrected chi connectivity index (χ3v) is 3.33. The Kier molecular flexibility index (Phi) is 3.93. The quantitative estimate of drug-likeness (QED) is 0.743. The molecule has 1 aliphatic rings. The molecule has 0 bridgehead atoms. The van der Waals surface area contributed by atoms with Gasteiger partial charge in [-0.25, -0.2) is 0 Å². The van der Waals surface area contributed by atoms with Crippen LogP contribution in [0.1, 0.15) is 38.5 Å². The molecule has 14 heavy (non-hydrogen) atoms. The summed E-state index contributed by atoms with van der Waals surface area (Å²) in [5.41, 5.74) is 0.0829. The fourth-order valence-corrected chi connectivity index (χ4v) is 2.19. The maximum absolute atomic E-state index is 11.7. The van der Waals surface area contributed by atoms with Gasteiger partial charge < -0.3 is 10.2 Å². The van der Waals surface area contributed by atoms with Gasteiger partial charge in [0, 0.05) is 26.1 Å². The van der Waals surface area contributed by atoms with Crippen LogP contribution in [-0.2, 0) is 4.79 Å². The van der Waals surface area contributed by atoms with Crippen LogP contribution in [0.15, 0.2) is 0 Å². The van der Waals surface area contributed by atoms with E-state index in [1.807, 2.05) is 21.1 Å². The summed E-state index contributed by atoms with van der Waals surface area (Å²) in [6, 6.07) is 0. The molecule has 0 unspecified atom stereocenters. The molecule has 0 saturated heterocycles. The predicted octanol–water partition coefficient (Wildman–Crippen LogP) is 1.39. The van der Waals surface area contributed by atoms with Crippen molar-refractivity contribution in [1.82, 2.24) is 10.2 Å². The lowest BCUT2D eigenvalue weighted by molar-refractivity contribution is -0.130. The highest BCUT2D eigenvalue weighted by molar-refractivity contribution is 5.76. The number of nitrogens with zero attached hydrogens (tertiary/aromatic N) is 1. The van der Waals surface area contributed by atoms with E-state index in [0.29, 0.717) is 6.42 Å². The van der Waals surface area contributed by atoms with Crippen LogP contribution in [0.2, 0.25) is 0 Å². The molecule has 3 nitrogen and oxygen atoms in total. The van der Waals surface area contributed by atoms with Crippen LogP contribution in [0.25, 0.3) is 0 Å². The Hall–Kier alpha value is -0.570. The molecule has 1 aliphatic carbocycles. The van der Waals surface area contributed by atoms with E-state index in [-0.39, 0.29) is 11.4 Å². The van der Waals surface area contributed by atoms with Gasteiger partial charge >= 0.3 is 0 Å². The number of carbonyl (C=O) groups excluding carboxylic acids is 1. The summed E-state index contributed by atoms with van der Waals surface area (Å²) in [5, 5.41) is 3.36. The number of hydrogen-bond acceptors (Lipinski definition) is 2. The Balaban J connectivity index is 2.56. The predicted molar refractivity (Wildman–Crippen MR) is 58.2 cm³/mol. The molecule has 1 fully saturated rings. The molecule has 0 radical (unpaired) electrons. The lowest BCUT2D eigenvalue weighted by Gasteiger charge is -2.37. The van der Waals surface area contributed by atoms with Gasteiger partial charge in [0.25, 0.3) is 0 Å². The van der Waals surface area contributed by atoms with Gasteiger partial charge in [-0.1, -0.05) is 19.3 Å². The Morgan fingerprint density at radius 3 is 2.29 bits per heavy atom. The molecule has 1 N–H and O–H groups in total. The van der Waals surface area contributed by atoms with Crippen LogP contribution in [-0.4, -0.2) is 37.5 Å². The fourth-order valence-electron chi connectivity index (χ4n) is 2.19. The zero-order chi connectivity index (χ0) is 10.6. The van der Waals surface area contributed by atoms with E-state index < -0.39 is 0 Å². The highest BCUT2D eigenvalue weighted by Gasteiger charge is 2.32. The van der Waals surface area contributed by atoms with Crippen LogP contribution in [0.4, 0.5) is 0 Å². The van der Waals surface area contributed by atoms with Crippen molar-refractivity contribution in [2.24, 2.45) is 0 Å². The second-order valence-corrected chi connectivity index (χ2v) is 4.56. The van der Waals surface area contributed by atoms with Gasteiger partial charge in [0.05, 0.1) is 0 Å². The Bertz CT molecular complexity index is 195. The van der Waals surface area contributed by atoms with Crippen LogP contribution < -0.4 is 5.32 Å². The number of rotatable bonds is 3. The van der Waals surface area contributed by atoms with Crippen molar-refractivity contribution in [2.45, 2.75) is 44.1 Å². The molecule has 3 heteroatoms. The molecule has 0 spiro atoms. The normalized spacial score (nSPS) is 20.5. The Morgan fingerprint density at radius 2 is 1.86 bits per heavy atom. The smallest absolute Gasteiger partial charge is 0.223 e. The molecule has 0 atom stereocenters. The van der Waals surface area contributed by atoms with Crippen LogP contribution in [0.3, 0.4) is 0 Å². The Labute approximate surface area is 86.9 Å². The molecule has 0 aromatic heterocycles. The molecular weight excluding hydrogens is 176 g/mol. The van der Waals surface area contributed by atoms with Gasteiger partial charge in [-0.2, -0.15) is 0 Å². The zero-order valence-corrected chi connectivity index (χ0v) is 9.60. The van der Waals surface area contributed by atoms with Crippen molar-refractivity contribution in [2.75, 3.05) is 21.1 Å². The first-order chi connectivity index (χ1) is 6.59. The van der Waals surface area contributed by atoms with Gasteiger partial charge in [0.2, 0.25) is 5.91 Å². The minimum atomic E-state index is 0.0829. The molecule has 1 rings (SSSR count). The van der Waals surface area contributed by atoms with E-state index in [4.69, 9.17) is 0 Å². The highest BCUT2D eigenvalue weighted by Crippen LogP contribution is 2.30. The lowest BCUT2D eigenvalue weighted by Crippen LogP contribution is -2.48. The molecule has 1 saturated carbocycles. The van der Waals surface area contributed by atoms with Crippen molar-refractivity contribution in [3.8, 4) is 0 Å². The third kappa shape index (κ3) is 2.71. The number of amides is 1. The second-order valence-electron chi connectivity index (χ2n) is 4.56. The largest absolute Gasteiger partial charge is 0.349 e. The molecule has 0 aromatic carbocycles. The number of nitrogens with one attached hydrogen (secondary N) is 1. The third-order valence-electron chi connectivity index (χ3n) is 3.33. The molecule has 0 aliphatic heterocycles. The highest BCUT2D eigenvalue weighted by atomic mass is 16.2. The van der Waals surface area contributed by atoms with Crippen molar-refractivity contribution >= 4 is 5.91 Å². The van der Waals surface area contributed by atoms with E-state index in [9.17, 15) is 4.79 Å². The summed E-state index contributed by atoms with van der Waals surface area (Å²) in [6.45, 7) is 0. The van der Waals surface area contributed by atoms with Gasteiger partial charge in [-0.05, 0) is 19.9 Å². The van der Waals surface area contributed by atoms with E-state index in [1.54, 1.807) is 4.90 Å². The van der Waals surface area contributed by atoms with Gasteiger partial charge in [0.1, 0.15) is 0 Å². The minimum Gasteiger partial charge on any atom is -0.349 e. The summed E-state index contributed by atoms with van der Waals surface area (Å²) < 4.78 is 0. The first kappa shape index (κ1) is 11.5. The van der Waals surface area contributed by atoms with Crippen LogP contribution in [0.5, 0.6) is 0 Å². The average Bonchev–Trinajstić information content (AvgIpc) is 2.19. The summed E-state index contributed by atoms with van der Waals surface area (Å²) in [5.74, 6) is 0.237. The Morgan fingerprint density at radius 1 is 1.29 bits per heavy atom. The van der Waals surface area contributed by atoms with Gasteiger partial charge in [-0.3, -0.25) is 4.79 Å². The molecule has 0 heterocycles. The lowest BCUT2D eigenvalue weighted by atomic mass is 9.79. The molecular formula is C11H22N2O. The monoisotopic (exact) mass is 198 g/mol. The van der Waals surface area contributed by atoms with Gasteiger partial charge in [0.15, 0.2) is 0 Å². The van der Waals surface area contributed by atoms with E-state index in [2.05, 4.69) is 5.32 Å². The van der Waals surface area contributed by atoms with E-state index in [1.165, 1.54) is 19.3 Å². The number of hydrogen-bond donors (Lipinski definition) is 1. The summed E-state index contributed by atoms with van der Waals surface area (Å²) in [4.78, 5) is 13.3. The second kappa shape index (κ2) is 4.78. The summed E-state index contributed by atoms with van der Waals surface area (Å²) in [6.07, 6.45) is 6.76. The average molecular weight is 198 g/mol. The van der Waals surface area contributed by atoms with E-state index in [0.717, 1.165) is 12.8 Å². The number of carbonyl (C=O) groups is 1. The fraction of sp³-hybridized carbons (Fsp3) is 0.909.